The molecule has 2 nitrogen and oxygen atoms in total. The maximum atomic E-state index is 4.18. The average Bonchev–Trinajstić information content (AvgIpc) is 2.50. The van der Waals surface area contributed by atoms with Gasteiger partial charge >= 0.3 is 0 Å². The molecule has 2 heteroatoms. The minimum Gasteiger partial charge on any atom is -0.374 e. The molecule has 19 heavy (non-hydrogen) atoms. The number of rotatable bonds is 1. The number of fused-ring (bicyclic) bond motifs is 1. The molecule has 1 aromatic heterocycles. The molecule has 0 radical (unpaired) electrons. The summed E-state index contributed by atoms with van der Waals surface area (Å²) in [5.74, 6) is 0. The van der Waals surface area contributed by atoms with E-state index in [2.05, 4.69) is 41.2 Å². The first-order valence-corrected chi connectivity index (χ1v) is 7.09. The zero-order valence-electron chi connectivity index (χ0n) is 12.1. The standard InChI is InChI=1S/C15H16N2.C2H6/c1-17-9-3-5-13-10-12(6-7-15(13)17)14-4-2-8-16-11-14;1-2/h2,4,6-8,10-11H,3,5,9H2,1H3;1-2H3. The van der Waals surface area contributed by atoms with Crippen LogP contribution in [0.1, 0.15) is 25.8 Å². The minimum atomic E-state index is 1.17. The molecule has 0 bridgehead atoms. The number of aryl methyl sites for hydroxylation is 1. The Labute approximate surface area is 116 Å². The Balaban J connectivity index is 0.000000637. The van der Waals surface area contributed by atoms with Crippen molar-refractivity contribution < 1.29 is 0 Å². The maximum absolute atomic E-state index is 4.18. The van der Waals surface area contributed by atoms with Gasteiger partial charge in [-0.25, -0.2) is 0 Å². The zero-order chi connectivity index (χ0) is 13.7. The number of pyridine rings is 1. The van der Waals surface area contributed by atoms with Crippen LogP contribution in [0.25, 0.3) is 11.1 Å². The summed E-state index contributed by atoms with van der Waals surface area (Å²) in [6.07, 6.45) is 6.18. The lowest BCUT2D eigenvalue weighted by atomic mass is 9.97. The van der Waals surface area contributed by atoms with E-state index in [0.717, 1.165) is 0 Å². The summed E-state index contributed by atoms with van der Waals surface area (Å²) in [7, 11) is 2.17. The van der Waals surface area contributed by atoms with Crippen LogP contribution in [0.3, 0.4) is 0 Å². The van der Waals surface area contributed by atoms with Gasteiger partial charge in [0, 0.05) is 31.7 Å². The lowest BCUT2D eigenvalue weighted by molar-refractivity contribution is 0.745. The van der Waals surface area contributed by atoms with Gasteiger partial charge in [0.05, 0.1) is 0 Å². The first-order valence-electron chi connectivity index (χ1n) is 7.09. The van der Waals surface area contributed by atoms with Crippen LogP contribution in [0, 0.1) is 0 Å². The molecule has 1 aliphatic heterocycles. The first-order chi connectivity index (χ1) is 9.34. The molecule has 1 aromatic carbocycles. The van der Waals surface area contributed by atoms with E-state index in [1.807, 2.05) is 32.3 Å². The molecule has 2 aromatic rings. The highest BCUT2D eigenvalue weighted by Gasteiger charge is 2.13. The predicted molar refractivity (Wildman–Crippen MR) is 82.6 cm³/mol. The third-order valence-corrected chi connectivity index (χ3v) is 3.43. The van der Waals surface area contributed by atoms with Gasteiger partial charge in [-0.1, -0.05) is 26.0 Å². The maximum Gasteiger partial charge on any atom is 0.0396 e. The molecule has 0 fully saturated rings. The van der Waals surface area contributed by atoms with Crippen molar-refractivity contribution in [1.29, 1.82) is 0 Å². The highest BCUT2D eigenvalue weighted by Crippen LogP contribution is 2.30. The number of hydrogen-bond donors (Lipinski definition) is 0. The number of hydrogen-bond acceptors (Lipinski definition) is 2. The van der Waals surface area contributed by atoms with Crippen molar-refractivity contribution in [3.8, 4) is 11.1 Å². The van der Waals surface area contributed by atoms with Crippen molar-refractivity contribution in [3.63, 3.8) is 0 Å². The van der Waals surface area contributed by atoms with Gasteiger partial charge in [-0.2, -0.15) is 0 Å². The Kier molecular flexibility index (Phi) is 4.56. The van der Waals surface area contributed by atoms with Crippen LogP contribution in [0.5, 0.6) is 0 Å². The minimum absolute atomic E-state index is 1.17. The largest absolute Gasteiger partial charge is 0.374 e. The van der Waals surface area contributed by atoms with Crippen LogP contribution in [-0.2, 0) is 6.42 Å². The Morgan fingerprint density at radius 1 is 1.11 bits per heavy atom. The van der Waals surface area contributed by atoms with Gasteiger partial charge in [0.25, 0.3) is 0 Å². The van der Waals surface area contributed by atoms with E-state index in [0.29, 0.717) is 0 Å². The molecular weight excluding hydrogens is 232 g/mol. The summed E-state index contributed by atoms with van der Waals surface area (Å²) in [5, 5.41) is 0. The smallest absolute Gasteiger partial charge is 0.0396 e. The van der Waals surface area contributed by atoms with Crippen molar-refractivity contribution in [2.45, 2.75) is 26.7 Å². The fourth-order valence-electron chi connectivity index (χ4n) is 2.50. The molecule has 0 spiro atoms. The van der Waals surface area contributed by atoms with Crippen LogP contribution >= 0.6 is 0 Å². The normalized spacial score (nSPS) is 13.3. The second-order valence-electron chi connectivity index (χ2n) is 4.61. The van der Waals surface area contributed by atoms with Gasteiger partial charge < -0.3 is 4.90 Å². The summed E-state index contributed by atoms with van der Waals surface area (Å²) >= 11 is 0. The van der Waals surface area contributed by atoms with Gasteiger partial charge in [0.2, 0.25) is 0 Å². The summed E-state index contributed by atoms with van der Waals surface area (Å²) in [4.78, 5) is 6.52. The lowest BCUT2D eigenvalue weighted by Gasteiger charge is -2.27. The lowest BCUT2D eigenvalue weighted by Crippen LogP contribution is -2.24. The summed E-state index contributed by atoms with van der Waals surface area (Å²) in [5.41, 5.74) is 5.31. The predicted octanol–water partition coefficient (Wildman–Crippen LogP) is 4.16. The summed E-state index contributed by atoms with van der Waals surface area (Å²) in [6, 6.07) is 10.8. The molecule has 0 aliphatic carbocycles. The number of benzene rings is 1. The Hall–Kier alpha value is -1.83. The number of aromatic nitrogens is 1. The van der Waals surface area contributed by atoms with E-state index in [-0.39, 0.29) is 0 Å². The topological polar surface area (TPSA) is 16.1 Å². The van der Waals surface area contributed by atoms with Gasteiger partial charge in [-0.15, -0.1) is 0 Å². The third kappa shape index (κ3) is 2.95. The van der Waals surface area contributed by atoms with Gasteiger partial charge in [0.15, 0.2) is 0 Å². The highest BCUT2D eigenvalue weighted by molar-refractivity contribution is 5.69. The number of anilines is 1. The molecule has 0 saturated heterocycles. The second kappa shape index (κ2) is 6.37. The molecular formula is C17H22N2. The second-order valence-corrected chi connectivity index (χ2v) is 4.61. The van der Waals surface area contributed by atoms with E-state index in [9.17, 15) is 0 Å². The highest BCUT2D eigenvalue weighted by atomic mass is 15.1. The molecule has 0 saturated carbocycles. The van der Waals surface area contributed by atoms with Gasteiger partial charge in [-0.3, -0.25) is 4.98 Å². The summed E-state index contributed by atoms with van der Waals surface area (Å²) < 4.78 is 0. The third-order valence-electron chi connectivity index (χ3n) is 3.43. The van der Waals surface area contributed by atoms with Crippen molar-refractivity contribution in [2.75, 3.05) is 18.5 Å². The van der Waals surface area contributed by atoms with Crippen molar-refractivity contribution in [2.24, 2.45) is 0 Å². The zero-order valence-corrected chi connectivity index (χ0v) is 12.1. The molecule has 2 heterocycles. The Morgan fingerprint density at radius 2 is 1.95 bits per heavy atom. The van der Waals surface area contributed by atoms with E-state index < -0.39 is 0 Å². The molecule has 0 amide bonds. The van der Waals surface area contributed by atoms with Crippen molar-refractivity contribution in [1.82, 2.24) is 4.98 Å². The fraction of sp³-hybridized carbons (Fsp3) is 0.353. The van der Waals surface area contributed by atoms with Crippen molar-refractivity contribution in [3.05, 3.63) is 48.3 Å². The molecule has 100 valence electrons. The molecule has 3 rings (SSSR count). The molecule has 1 aliphatic rings. The number of nitrogens with zero attached hydrogens (tertiary/aromatic N) is 2. The van der Waals surface area contributed by atoms with E-state index in [4.69, 9.17) is 0 Å². The monoisotopic (exact) mass is 254 g/mol. The quantitative estimate of drug-likeness (QED) is 0.759. The molecule has 0 N–H and O–H groups in total. The average molecular weight is 254 g/mol. The van der Waals surface area contributed by atoms with E-state index in [1.165, 1.54) is 41.8 Å². The Morgan fingerprint density at radius 3 is 2.68 bits per heavy atom. The summed E-state index contributed by atoms with van der Waals surface area (Å²) in [6.45, 7) is 5.17. The van der Waals surface area contributed by atoms with Crippen LogP contribution in [0.15, 0.2) is 42.7 Å². The van der Waals surface area contributed by atoms with Gasteiger partial charge in [-0.05, 0) is 47.7 Å². The Bertz CT molecular complexity index is 520. The van der Waals surface area contributed by atoms with Crippen molar-refractivity contribution >= 4 is 5.69 Å². The SMILES string of the molecule is CC.CN1CCCc2cc(-c3cccnc3)ccc21. The van der Waals surface area contributed by atoms with E-state index in [1.54, 1.807) is 0 Å². The van der Waals surface area contributed by atoms with Crippen LogP contribution < -0.4 is 4.90 Å². The van der Waals surface area contributed by atoms with Crippen LogP contribution in [0.4, 0.5) is 5.69 Å². The van der Waals surface area contributed by atoms with E-state index >= 15 is 0 Å². The van der Waals surface area contributed by atoms with Crippen LogP contribution in [-0.4, -0.2) is 18.6 Å². The van der Waals surface area contributed by atoms with Crippen LogP contribution in [0.2, 0.25) is 0 Å². The molecule has 0 atom stereocenters. The fourth-order valence-corrected chi connectivity index (χ4v) is 2.50. The van der Waals surface area contributed by atoms with Gasteiger partial charge in [0.1, 0.15) is 0 Å². The first kappa shape index (κ1) is 13.6. The molecule has 0 unspecified atom stereocenters.